The minimum absolute atomic E-state index is 0.156. The van der Waals surface area contributed by atoms with Crippen LogP contribution in [0.5, 0.6) is 0 Å². The van der Waals surface area contributed by atoms with Crippen molar-refractivity contribution in [2.75, 3.05) is 0 Å². The third-order valence-corrected chi connectivity index (χ3v) is 6.22. The van der Waals surface area contributed by atoms with Gasteiger partial charge >= 0.3 is 0 Å². The lowest BCUT2D eigenvalue weighted by atomic mass is 10.0. The van der Waals surface area contributed by atoms with Gasteiger partial charge in [-0.1, -0.05) is 53.0 Å². The van der Waals surface area contributed by atoms with Crippen molar-refractivity contribution in [3.05, 3.63) is 79.7 Å². The van der Waals surface area contributed by atoms with Crippen molar-refractivity contribution in [2.24, 2.45) is 0 Å². The molecule has 0 unspecified atom stereocenters. The molecular weight excluding hydrogens is 405 g/mol. The van der Waals surface area contributed by atoms with E-state index in [1.807, 2.05) is 16.6 Å². The van der Waals surface area contributed by atoms with Crippen molar-refractivity contribution in [3.8, 4) is 22.4 Å². The summed E-state index contributed by atoms with van der Waals surface area (Å²) in [4.78, 5) is 15.6. The van der Waals surface area contributed by atoms with Crippen molar-refractivity contribution in [1.29, 1.82) is 0 Å². The molecule has 146 valence electrons. The number of fused-ring (bicyclic) bond motifs is 1. The molecule has 4 aromatic rings. The van der Waals surface area contributed by atoms with E-state index < -0.39 is 0 Å². The van der Waals surface area contributed by atoms with Crippen LogP contribution in [0, 0.1) is 13.8 Å². The number of nitrogens with zero attached hydrogens (tertiary/aromatic N) is 2. The molecule has 1 N–H and O–H groups in total. The molecule has 0 aliphatic heterocycles. The Kier molecular flexibility index (Phi) is 4.30. The second-order valence-corrected chi connectivity index (χ2v) is 8.58. The van der Waals surface area contributed by atoms with Gasteiger partial charge in [-0.15, -0.1) is 0 Å². The van der Waals surface area contributed by atoms with Gasteiger partial charge in [0, 0.05) is 23.1 Å². The van der Waals surface area contributed by atoms with Gasteiger partial charge in [0.15, 0.2) is 0 Å². The third kappa shape index (κ3) is 3.17. The summed E-state index contributed by atoms with van der Waals surface area (Å²) in [5.41, 5.74) is 7.44. The van der Waals surface area contributed by atoms with Crippen LogP contribution in [0.25, 0.3) is 28.0 Å². The number of H-pyrrole nitrogens is 1. The number of halogens is 2. The van der Waals surface area contributed by atoms with Gasteiger partial charge < -0.3 is 4.98 Å². The van der Waals surface area contributed by atoms with Gasteiger partial charge in [0.25, 0.3) is 5.56 Å². The van der Waals surface area contributed by atoms with E-state index in [-0.39, 0.29) is 5.56 Å². The highest BCUT2D eigenvalue weighted by molar-refractivity contribution is 6.42. The fourth-order valence-corrected chi connectivity index (χ4v) is 4.23. The molecule has 0 atom stereocenters. The van der Waals surface area contributed by atoms with Crippen LogP contribution in [0.2, 0.25) is 10.0 Å². The van der Waals surface area contributed by atoms with Gasteiger partial charge in [-0.3, -0.25) is 4.79 Å². The Hall–Kier alpha value is -2.56. The van der Waals surface area contributed by atoms with Crippen LogP contribution in [0.1, 0.15) is 35.6 Å². The monoisotopic (exact) mass is 423 g/mol. The molecule has 1 aliphatic carbocycles. The number of nitrogens with one attached hydrogen (secondary N) is 1. The molecule has 1 saturated carbocycles. The van der Waals surface area contributed by atoms with Gasteiger partial charge in [0.1, 0.15) is 5.65 Å². The van der Waals surface area contributed by atoms with Gasteiger partial charge in [-0.2, -0.15) is 5.10 Å². The molecule has 29 heavy (non-hydrogen) atoms. The third-order valence-electron chi connectivity index (χ3n) is 5.48. The summed E-state index contributed by atoms with van der Waals surface area (Å²) >= 11 is 12.4. The Morgan fingerprint density at radius 3 is 2.52 bits per heavy atom. The molecule has 2 aromatic carbocycles. The summed E-state index contributed by atoms with van der Waals surface area (Å²) < 4.78 is 1.87. The molecular formula is C23H19Cl2N3O. The predicted molar refractivity (Wildman–Crippen MR) is 118 cm³/mol. The lowest BCUT2D eigenvalue weighted by Crippen LogP contribution is -2.10. The molecule has 0 radical (unpaired) electrons. The normalized spacial score (nSPS) is 13.9. The largest absolute Gasteiger partial charge is 0.306 e. The number of hydrogen-bond donors (Lipinski definition) is 1. The predicted octanol–water partition coefficient (Wildman–Crippen LogP) is 6.16. The fraction of sp³-hybridized carbons (Fsp3) is 0.217. The maximum absolute atomic E-state index is 12.6. The molecule has 2 aromatic heterocycles. The van der Waals surface area contributed by atoms with E-state index in [0.29, 0.717) is 21.6 Å². The first-order valence-corrected chi connectivity index (χ1v) is 10.4. The Morgan fingerprint density at radius 1 is 1.03 bits per heavy atom. The molecule has 4 nitrogen and oxygen atoms in total. The highest BCUT2D eigenvalue weighted by atomic mass is 35.5. The van der Waals surface area contributed by atoms with Crippen molar-refractivity contribution < 1.29 is 0 Å². The van der Waals surface area contributed by atoms with Crippen LogP contribution < -0.4 is 5.56 Å². The molecule has 6 heteroatoms. The number of benzene rings is 2. The van der Waals surface area contributed by atoms with Crippen LogP contribution in [-0.4, -0.2) is 14.6 Å². The van der Waals surface area contributed by atoms with Gasteiger partial charge in [0.05, 0.1) is 21.4 Å². The summed E-state index contributed by atoms with van der Waals surface area (Å²) in [6.45, 7) is 4.12. The summed E-state index contributed by atoms with van der Waals surface area (Å²) in [5, 5.41) is 5.94. The number of hydrogen-bond acceptors (Lipinski definition) is 2. The van der Waals surface area contributed by atoms with Crippen LogP contribution in [-0.2, 0) is 0 Å². The van der Waals surface area contributed by atoms with E-state index in [0.717, 1.165) is 46.5 Å². The number of rotatable bonds is 3. The highest BCUT2D eigenvalue weighted by Crippen LogP contribution is 2.46. The lowest BCUT2D eigenvalue weighted by molar-refractivity contribution is 0.883. The Labute approximate surface area is 178 Å². The first-order valence-electron chi connectivity index (χ1n) is 9.61. The van der Waals surface area contributed by atoms with E-state index in [4.69, 9.17) is 28.3 Å². The topological polar surface area (TPSA) is 50.2 Å². The summed E-state index contributed by atoms with van der Waals surface area (Å²) in [5.74, 6) is 0.398. The van der Waals surface area contributed by atoms with Crippen molar-refractivity contribution >= 4 is 28.8 Å². The molecule has 0 amide bonds. The smallest absolute Gasteiger partial charge is 0.251 e. The maximum atomic E-state index is 12.6. The average Bonchev–Trinajstić information content (AvgIpc) is 3.44. The summed E-state index contributed by atoms with van der Waals surface area (Å²) in [6.07, 6.45) is 2.20. The zero-order valence-electron chi connectivity index (χ0n) is 16.1. The maximum Gasteiger partial charge on any atom is 0.251 e. The zero-order chi connectivity index (χ0) is 20.3. The Balaban J connectivity index is 1.84. The van der Waals surface area contributed by atoms with E-state index in [1.54, 1.807) is 12.1 Å². The minimum Gasteiger partial charge on any atom is -0.306 e. The number of aryl methyl sites for hydroxylation is 2. The van der Waals surface area contributed by atoms with Crippen LogP contribution >= 0.6 is 23.2 Å². The quantitative estimate of drug-likeness (QED) is 0.428. The molecule has 1 aliphatic rings. The van der Waals surface area contributed by atoms with E-state index >= 15 is 0 Å². The SMILES string of the molecule is Cc1ccc(-c2cc(=O)[nH]c3c(-c4ccc(Cl)c(Cl)c4)c(C4CC4)nn23)c(C)c1. The average molecular weight is 424 g/mol. The van der Waals surface area contributed by atoms with Crippen LogP contribution in [0.4, 0.5) is 0 Å². The first-order chi connectivity index (χ1) is 13.9. The van der Waals surface area contributed by atoms with Gasteiger partial charge in [-0.25, -0.2) is 4.52 Å². The first kappa shape index (κ1) is 18.5. The number of aromatic nitrogens is 3. The Bertz CT molecular complexity index is 1330. The van der Waals surface area contributed by atoms with Crippen LogP contribution in [0.15, 0.2) is 47.3 Å². The highest BCUT2D eigenvalue weighted by Gasteiger charge is 2.32. The zero-order valence-corrected chi connectivity index (χ0v) is 17.6. The van der Waals surface area contributed by atoms with Crippen LogP contribution in [0.3, 0.4) is 0 Å². The molecule has 5 rings (SSSR count). The van der Waals surface area contributed by atoms with E-state index in [1.165, 1.54) is 5.56 Å². The van der Waals surface area contributed by atoms with Crippen molar-refractivity contribution in [1.82, 2.24) is 14.6 Å². The van der Waals surface area contributed by atoms with Gasteiger partial charge in [-0.05, 0) is 49.9 Å². The fourth-order valence-electron chi connectivity index (χ4n) is 3.93. The summed E-state index contributed by atoms with van der Waals surface area (Å²) in [7, 11) is 0. The molecule has 0 saturated heterocycles. The summed E-state index contributed by atoms with van der Waals surface area (Å²) in [6, 6.07) is 13.4. The van der Waals surface area contributed by atoms with Crippen molar-refractivity contribution in [3.63, 3.8) is 0 Å². The lowest BCUT2D eigenvalue weighted by Gasteiger charge is -2.09. The second kappa shape index (κ2) is 6.75. The number of aromatic amines is 1. The standard InChI is InChI=1S/C23H19Cl2N3O/c1-12-3-7-16(13(2)9-12)19-11-20(29)26-23-21(15-6-8-17(24)18(25)10-15)22(14-4-5-14)27-28(19)23/h3,6-11,14H,4-5H2,1-2H3,(H,26,29). The molecule has 0 spiro atoms. The van der Waals surface area contributed by atoms with E-state index in [2.05, 4.69) is 37.0 Å². The Morgan fingerprint density at radius 2 is 1.83 bits per heavy atom. The molecule has 1 fully saturated rings. The molecule has 0 bridgehead atoms. The second-order valence-electron chi connectivity index (χ2n) is 7.76. The molecule has 2 heterocycles. The minimum atomic E-state index is -0.156. The van der Waals surface area contributed by atoms with E-state index in [9.17, 15) is 4.79 Å². The van der Waals surface area contributed by atoms with Gasteiger partial charge in [0.2, 0.25) is 0 Å². The van der Waals surface area contributed by atoms with Crippen molar-refractivity contribution in [2.45, 2.75) is 32.6 Å².